The van der Waals surface area contributed by atoms with Gasteiger partial charge in [0.05, 0.1) is 13.2 Å². The highest BCUT2D eigenvalue weighted by atomic mass is 16.5. The van der Waals surface area contributed by atoms with Crippen molar-refractivity contribution in [3.63, 3.8) is 0 Å². The van der Waals surface area contributed by atoms with E-state index in [0.717, 1.165) is 17.7 Å². The molecule has 138 valence electrons. The van der Waals surface area contributed by atoms with Crippen LogP contribution in [0.2, 0.25) is 0 Å². The number of hydrogen-bond donors (Lipinski definition) is 1. The first-order chi connectivity index (χ1) is 11.9. The number of amides is 2. The first-order valence-electron chi connectivity index (χ1n) is 9.18. The summed E-state index contributed by atoms with van der Waals surface area (Å²) in [6, 6.07) is 7.70. The van der Waals surface area contributed by atoms with E-state index in [0.29, 0.717) is 38.5 Å². The van der Waals surface area contributed by atoms with Crippen molar-refractivity contribution >= 4 is 11.8 Å². The Balaban J connectivity index is 2.14. The molecule has 1 aromatic rings. The summed E-state index contributed by atoms with van der Waals surface area (Å²) in [6.07, 6.45) is 1.89. The van der Waals surface area contributed by atoms with Crippen LogP contribution < -0.4 is 10.1 Å². The van der Waals surface area contributed by atoms with Gasteiger partial charge in [-0.2, -0.15) is 0 Å². The van der Waals surface area contributed by atoms with E-state index in [9.17, 15) is 9.59 Å². The molecule has 2 rings (SSSR count). The zero-order chi connectivity index (χ0) is 18.4. The summed E-state index contributed by atoms with van der Waals surface area (Å²) >= 11 is 0. The molecule has 5 nitrogen and oxygen atoms in total. The maximum absolute atomic E-state index is 12.8. The predicted molar refractivity (Wildman–Crippen MR) is 98.3 cm³/mol. The molecular formula is C20H30N2O3. The van der Waals surface area contributed by atoms with Crippen molar-refractivity contribution < 1.29 is 14.3 Å². The van der Waals surface area contributed by atoms with Crippen LogP contribution in [0.4, 0.5) is 0 Å². The summed E-state index contributed by atoms with van der Waals surface area (Å²) in [6.45, 7) is 9.66. The fraction of sp³-hybridized carbons (Fsp3) is 0.600. The van der Waals surface area contributed by atoms with Crippen molar-refractivity contribution in [1.82, 2.24) is 10.2 Å². The molecule has 0 aromatic heterocycles. The van der Waals surface area contributed by atoms with Gasteiger partial charge in [-0.05, 0) is 38.7 Å². The van der Waals surface area contributed by atoms with Crippen LogP contribution >= 0.6 is 0 Å². The molecule has 1 atom stereocenters. The van der Waals surface area contributed by atoms with Gasteiger partial charge in [0.2, 0.25) is 11.8 Å². The maximum atomic E-state index is 12.8. The minimum Gasteiger partial charge on any atom is -0.494 e. The Kier molecular flexibility index (Phi) is 6.45. The highest BCUT2D eigenvalue weighted by Crippen LogP contribution is 2.33. The maximum Gasteiger partial charge on any atom is 0.245 e. The average Bonchev–Trinajstić information content (AvgIpc) is 2.86. The van der Waals surface area contributed by atoms with Crippen LogP contribution in [0, 0.1) is 5.92 Å². The second kappa shape index (κ2) is 8.37. The third-order valence-electron chi connectivity index (χ3n) is 4.82. The van der Waals surface area contributed by atoms with Crippen LogP contribution in [-0.2, 0) is 16.1 Å². The highest BCUT2D eigenvalue weighted by Gasteiger charge is 2.47. The summed E-state index contributed by atoms with van der Waals surface area (Å²) < 4.78 is 5.66. The Morgan fingerprint density at radius 2 is 2.08 bits per heavy atom. The van der Waals surface area contributed by atoms with Gasteiger partial charge >= 0.3 is 0 Å². The lowest BCUT2D eigenvalue weighted by Crippen LogP contribution is -2.54. The van der Waals surface area contributed by atoms with Gasteiger partial charge in [-0.1, -0.05) is 32.0 Å². The zero-order valence-corrected chi connectivity index (χ0v) is 15.8. The Hall–Kier alpha value is -2.04. The van der Waals surface area contributed by atoms with Crippen molar-refractivity contribution in [2.24, 2.45) is 5.92 Å². The average molecular weight is 346 g/mol. The first-order valence-corrected chi connectivity index (χ1v) is 9.18. The van der Waals surface area contributed by atoms with Gasteiger partial charge in [0.25, 0.3) is 0 Å². The van der Waals surface area contributed by atoms with E-state index < -0.39 is 5.54 Å². The van der Waals surface area contributed by atoms with Crippen molar-refractivity contribution in [2.45, 2.75) is 59.0 Å². The first kappa shape index (κ1) is 19.3. The SMILES string of the molecule is CCOc1ccccc1CN1C(=O)CCC1(C)C(=O)NCCC(C)C. The fourth-order valence-electron chi connectivity index (χ4n) is 3.16. The molecule has 1 fully saturated rings. The standard InChI is InChI=1S/C20H30N2O3/c1-5-25-17-9-7-6-8-16(17)14-22-18(23)10-12-20(22,4)19(24)21-13-11-15(2)3/h6-9,15H,5,10-14H2,1-4H3,(H,21,24). The molecule has 0 aliphatic carbocycles. The number of hydrogen-bond acceptors (Lipinski definition) is 3. The van der Waals surface area contributed by atoms with Crippen LogP contribution in [0.5, 0.6) is 5.75 Å². The number of likely N-dealkylation sites (tertiary alicyclic amines) is 1. The summed E-state index contributed by atoms with van der Waals surface area (Å²) in [7, 11) is 0. The van der Waals surface area contributed by atoms with Crippen LogP contribution in [0.3, 0.4) is 0 Å². The minimum absolute atomic E-state index is 0.0211. The number of para-hydroxylation sites is 1. The van der Waals surface area contributed by atoms with E-state index in [-0.39, 0.29) is 11.8 Å². The van der Waals surface area contributed by atoms with Gasteiger partial charge in [-0.3, -0.25) is 9.59 Å². The summed E-state index contributed by atoms with van der Waals surface area (Å²) in [5.41, 5.74) is 0.133. The van der Waals surface area contributed by atoms with E-state index in [1.54, 1.807) is 4.90 Å². The molecule has 2 amide bonds. The van der Waals surface area contributed by atoms with Crippen LogP contribution in [0.1, 0.15) is 52.5 Å². The summed E-state index contributed by atoms with van der Waals surface area (Å²) in [4.78, 5) is 26.9. The number of ether oxygens (including phenoxy) is 1. The Morgan fingerprint density at radius 3 is 2.76 bits per heavy atom. The number of carbonyl (C=O) groups excluding carboxylic acids is 2. The normalized spacial score (nSPS) is 20.2. The molecule has 1 N–H and O–H groups in total. The zero-order valence-electron chi connectivity index (χ0n) is 15.8. The lowest BCUT2D eigenvalue weighted by Gasteiger charge is -2.34. The van der Waals surface area contributed by atoms with Crippen LogP contribution in [0.25, 0.3) is 0 Å². The molecule has 0 saturated carbocycles. The highest BCUT2D eigenvalue weighted by molar-refractivity contribution is 5.94. The Bertz CT molecular complexity index is 615. The molecule has 1 aliphatic rings. The lowest BCUT2D eigenvalue weighted by atomic mass is 9.96. The molecule has 1 unspecified atom stereocenters. The predicted octanol–water partition coefficient (Wildman–Crippen LogP) is 3.13. The van der Waals surface area contributed by atoms with Crippen molar-refractivity contribution in [1.29, 1.82) is 0 Å². The lowest BCUT2D eigenvalue weighted by molar-refractivity contribution is -0.141. The van der Waals surface area contributed by atoms with Crippen molar-refractivity contribution in [3.8, 4) is 5.75 Å². The fourth-order valence-corrected chi connectivity index (χ4v) is 3.16. The second-order valence-electron chi connectivity index (χ2n) is 7.23. The van der Waals surface area contributed by atoms with Crippen molar-refractivity contribution in [3.05, 3.63) is 29.8 Å². The quantitative estimate of drug-likeness (QED) is 0.787. The number of nitrogens with zero attached hydrogens (tertiary/aromatic N) is 1. The van der Waals surface area contributed by atoms with E-state index >= 15 is 0 Å². The van der Waals surface area contributed by atoms with Gasteiger partial charge in [0, 0.05) is 18.5 Å². The van der Waals surface area contributed by atoms with E-state index in [1.165, 1.54) is 0 Å². The van der Waals surface area contributed by atoms with Gasteiger partial charge in [-0.25, -0.2) is 0 Å². The van der Waals surface area contributed by atoms with E-state index in [2.05, 4.69) is 19.2 Å². The van der Waals surface area contributed by atoms with Gasteiger partial charge in [-0.15, -0.1) is 0 Å². The molecule has 0 radical (unpaired) electrons. The molecule has 0 bridgehead atoms. The number of carbonyl (C=O) groups is 2. The summed E-state index contributed by atoms with van der Waals surface area (Å²) in [5.74, 6) is 1.26. The topological polar surface area (TPSA) is 58.6 Å². The molecular weight excluding hydrogens is 316 g/mol. The van der Waals surface area contributed by atoms with Gasteiger partial charge < -0.3 is 15.0 Å². The van der Waals surface area contributed by atoms with Gasteiger partial charge in [0.15, 0.2) is 0 Å². The molecule has 0 spiro atoms. The molecule has 1 heterocycles. The molecule has 1 aliphatic heterocycles. The minimum atomic E-state index is -0.798. The van der Waals surface area contributed by atoms with Crippen LogP contribution in [0.15, 0.2) is 24.3 Å². The molecule has 1 saturated heterocycles. The summed E-state index contributed by atoms with van der Waals surface area (Å²) in [5, 5.41) is 3.01. The smallest absolute Gasteiger partial charge is 0.245 e. The van der Waals surface area contributed by atoms with E-state index in [1.807, 2.05) is 38.1 Å². The second-order valence-corrected chi connectivity index (χ2v) is 7.23. The third-order valence-corrected chi connectivity index (χ3v) is 4.82. The molecule has 25 heavy (non-hydrogen) atoms. The molecule has 1 aromatic carbocycles. The Morgan fingerprint density at radius 1 is 1.36 bits per heavy atom. The Labute approximate surface area is 150 Å². The number of nitrogens with one attached hydrogen (secondary N) is 1. The van der Waals surface area contributed by atoms with Crippen LogP contribution in [-0.4, -0.2) is 35.4 Å². The monoisotopic (exact) mass is 346 g/mol. The number of rotatable bonds is 8. The molecule has 5 heteroatoms. The number of benzene rings is 1. The van der Waals surface area contributed by atoms with Crippen molar-refractivity contribution in [2.75, 3.05) is 13.2 Å². The largest absolute Gasteiger partial charge is 0.494 e. The third kappa shape index (κ3) is 4.53. The van der Waals surface area contributed by atoms with E-state index in [4.69, 9.17) is 4.74 Å². The van der Waals surface area contributed by atoms with Gasteiger partial charge in [0.1, 0.15) is 11.3 Å².